The van der Waals surface area contributed by atoms with Crippen LogP contribution in [-0.4, -0.2) is 149 Å². The fourth-order valence-electron chi connectivity index (χ4n) is 7.49. The average Bonchev–Trinajstić information content (AvgIpc) is 4.02. The van der Waals surface area contributed by atoms with Crippen LogP contribution < -0.4 is 30.1 Å². The van der Waals surface area contributed by atoms with Gasteiger partial charge in [-0.3, -0.25) is 18.7 Å². The minimum Gasteiger partial charge on any atom is -0.481 e. The number of nitrogens with one attached hydrogen (secondary N) is 2. The summed E-state index contributed by atoms with van der Waals surface area (Å²) >= 11 is 0. The minimum atomic E-state index is -3.97. The Labute approximate surface area is 434 Å². The summed E-state index contributed by atoms with van der Waals surface area (Å²) in [4.78, 5) is 64.6. The van der Waals surface area contributed by atoms with Crippen molar-refractivity contribution in [2.24, 2.45) is 0 Å². The molecule has 400 valence electrons. The molecule has 76 heavy (non-hydrogen) atoms. The zero-order valence-corrected chi connectivity index (χ0v) is 44.3. The van der Waals surface area contributed by atoms with E-state index in [9.17, 15) is 26.4 Å². The summed E-state index contributed by atoms with van der Waals surface area (Å²) in [5, 5.41) is 14.4. The molecule has 2 N–H and O–H groups in total. The lowest BCUT2D eigenvalue weighted by atomic mass is 10.2. The molecule has 8 aromatic rings. The van der Waals surface area contributed by atoms with Crippen molar-refractivity contribution in [2.75, 3.05) is 42.7 Å². The third-order valence-electron chi connectivity index (χ3n) is 11.5. The third-order valence-corrected chi connectivity index (χ3v) is 15.6. The minimum absolute atomic E-state index is 0.0621. The lowest BCUT2D eigenvalue weighted by Crippen LogP contribution is -2.30. The summed E-state index contributed by atoms with van der Waals surface area (Å²) in [7, 11) is 0.397. The summed E-state index contributed by atoms with van der Waals surface area (Å²) in [5.74, 6) is -0.263. The van der Waals surface area contributed by atoms with Crippen molar-refractivity contribution in [2.45, 2.75) is 61.9 Å². The van der Waals surface area contributed by atoms with Crippen molar-refractivity contribution in [3.05, 3.63) is 129 Å². The van der Waals surface area contributed by atoms with E-state index in [-0.39, 0.29) is 81.2 Å². The number of nitrogens with zero attached hydrogens (tertiary/aromatic N) is 14. The maximum Gasteiger partial charge on any atom is 0.279 e. The first-order valence-electron chi connectivity index (χ1n) is 22.6. The highest BCUT2D eigenvalue weighted by Gasteiger charge is 2.37. The molecule has 8 rings (SSSR count). The van der Waals surface area contributed by atoms with E-state index in [0.717, 1.165) is 11.1 Å². The Morgan fingerprint density at radius 2 is 0.895 bits per heavy atom. The topological polar surface area (TPSA) is 354 Å². The van der Waals surface area contributed by atoms with Crippen LogP contribution in [0, 0.1) is 13.8 Å². The maximum atomic E-state index is 13.6. The second-order valence-electron chi connectivity index (χ2n) is 16.4. The molecule has 0 saturated heterocycles. The highest BCUT2D eigenvalue weighted by Crippen LogP contribution is 2.32. The van der Waals surface area contributed by atoms with Crippen LogP contribution in [0.3, 0.4) is 0 Å². The number of methoxy groups -OCH3 is 6. The molecule has 0 saturated carbocycles. The average molecular weight is 1090 g/mol. The molecule has 0 aliphatic rings. The first-order valence-corrected chi connectivity index (χ1v) is 26.0. The molecule has 28 nitrogen and oxygen atoms in total. The molecule has 8 heterocycles. The quantitative estimate of drug-likeness (QED) is 0.111. The highest BCUT2D eigenvalue weighted by atomic mass is 32.2. The first kappa shape index (κ1) is 55.3. The number of rotatable bonds is 20. The van der Waals surface area contributed by atoms with Crippen molar-refractivity contribution in [1.82, 2.24) is 79.4 Å². The number of aryl methyl sites for hydroxylation is 2. The maximum absolute atomic E-state index is 13.6. The van der Waals surface area contributed by atoms with Crippen LogP contribution in [0.15, 0.2) is 83.4 Å². The van der Waals surface area contributed by atoms with Gasteiger partial charge in [-0.1, -0.05) is 12.1 Å². The molecule has 4 atom stereocenters. The van der Waals surface area contributed by atoms with Crippen molar-refractivity contribution in [3.63, 3.8) is 0 Å². The molecule has 0 aromatic carbocycles. The van der Waals surface area contributed by atoms with Gasteiger partial charge >= 0.3 is 0 Å². The summed E-state index contributed by atoms with van der Waals surface area (Å²) < 4.78 is 89.0. The van der Waals surface area contributed by atoms with Crippen LogP contribution in [-0.2, 0) is 40.7 Å². The van der Waals surface area contributed by atoms with Crippen molar-refractivity contribution in [1.29, 1.82) is 0 Å². The number of ether oxygens (including phenoxy) is 6. The molecule has 8 aromatic heterocycles. The van der Waals surface area contributed by atoms with Crippen LogP contribution in [0.4, 0.5) is 0 Å². The van der Waals surface area contributed by atoms with Gasteiger partial charge in [0.25, 0.3) is 11.1 Å². The fourth-order valence-corrected chi connectivity index (χ4v) is 10.3. The van der Waals surface area contributed by atoms with Crippen molar-refractivity contribution in [3.8, 4) is 57.9 Å². The number of aromatic nitrogens is 16. The SMILES string of the molecule is COc1cccc(-c2nnc(CS(=O)(=O)[C@@H](C)[C@H](OC)c3ncc(C)cn3)n2-c2c(OC)nc[nH]c2=O)n1.COc1cccc(-c2nnc(CS(=O)(=O)[C@@H](C)[C@H](OC)c3ncc(C)cn3)n2-c2c(OC)nc[nH]c2=O)n1. The summed E-state index contributed by atoms with van der Waals surface area (Å²) in [6.45, 7) is 6.63. The van der Waals surface area contributed by atoms with Crippen LogP contribution in [0.5, 0.6) is 23.5 Å². The van der Waals surface area contributed by atoms with E-state index in [1.165, 1.54) is 78.3 Å². The summed E-state index contributed by atoms with van der Waals surface area (Å²) in [5.41, 5.74) is 0.780. The van der Waals surface area contributed by atoms with E-state index in [0.29, 0.717) is 0 Å². The first-order chi connectivity index (χ1) is 36.4. The zero-order valence-electron chi connectivity index (χ0n) is 42.6. The molecular formula is C46H52N16O12S2. The predicted molar refractivity (Wildman–Crippen MR) is 269 cm³/mol. The third kappa shape index (κ3) is 11.9. The number of aromatic amines is 2. The van der Waals surface area contributed by atoms with Gasteiger partial charge in [-0.15, -0.1) is 20.4 Å². The Morgan fingerprint density at radius 1 is 0.526 bits per heavy atom. The van der Waals surface area contributed by atoms with Crippen molar-refractivity contribution < 1.29 is 45.3 Å². The van der Waals surface area contributed by atoms with E-state index in [1.807, 2.05) is 13.8 Å². The van der Waals surface area contributed by atoms with Crippen LogP contribution in [0.25, 0.3) is 34.4 Å². The Bertz CT molecular complexity index is 3410. The Morgan fingerprint density at radius 3 is 1.22 bits per heavy atom. The molecular weight excluding hydrogens is 1030 g/mol. The smallest absolute Gasteiger partial charge is 0.279 e. The molecule has 0 aliphatic heterocycles. The van der Waals surface area contributed by atoms with E-state index in [2.05, 4.69) is 70.2 Å². The van der Waals surface area contributed by atoms with Gasteiger partial charge in [-0.25, -0.2) is 56.7 Å². The van der Waals surface area contributed by atoms with Gasteiger partial charge in [-0.2, -0.15) is 0 Å². The molecule has 0 aliphatic carbocycles. The molecule has 0 bridgehead atoms. The highest BCUT2D eigenvalue weighted by molar-refractivity contribution is 7.91. The summed E-state index contributed by atoms with van der Waals surface area (Å²) in [6.07, 6.45) is 6.76. The Balaban J connectivity index is 0.000000221. The lowest BCUT2D eigenvalue weighted by molar-refractivity contribution is 0.0947. The number of sulfone groups is 2. The number of hydrogen-bond acceptors (Lipinski definition) is 24. The zero-order chi connectivity index (χ0) is 54.9. The number of H-pyrrole nitrogens is 2. The number of hydrogen-bond donors (Lipinski definition) is 2. The standard InChI is InChI=1S/2C23H26N8O6S/c2*1-13-9-24-20(25-10-13)19(36-4)14(2)38(33,34)11-16-29-30-21(15-7-6-8-17(28-15)35-3)31(16)18-22(32)26-12-27-23(18)37-5/h2*6-10,12,14,19H,11H2,1-5H3,(H,26,27,32)/t2*14-,19-/m00/s1. The predicted octanol–water partition coefficient (Wildman–Crippen LogP) is 2.44. The van der Waals surface area contributed by atoms with E-state index >= 15 is 0 Å². The summed E-state index contributed by atoms with van der Waals surface area (Å²) in [6, 6.07) is 9.86. The van der Waals surface area contributed by atoms with Gasteiger partial charge in [0, 0.05) is 51.1 Å². The largest absolute Gasteiger partial charge is 0.481 e. The monoisotopic (exact) mass is 1080 g/mol. The molecule has 0 spiro atoms. The Hall–Kier alpha value is -8.48. The van der Waals surface area contributed by atoms with Gasteiger partial charge in [0.05, 0.1) is 51.6 Å². The molecule has 0 fully saturated rings. The lowest BCUT2D eigenvalue weighted by Gasteiger charge is -2.21. The fraction of sp³-hybridized carbons (Fsp3) is 0.348. The Kier molecular flexibility index (Phi) is 17.3. The molecule has 0 amide bonds. The normalized spacial score (nSPS) is 13.2. The molecule has 0 radical (unpaired) electrons. The van der Waals surface area contributed by atoms with Crippen LogP contribution in [0.2, 0.25) is 0 Å². The second kappa shape index (κ2) is 23.8. The van der Waals surface area contributed by atoms with Crippen LogP contribution >= 0.6 is 0 Å². The molecule has 0 unspecified atom stereocenters. The van der Waals surface area contributed by atoms with Gasteiger partial charge in [0.15, 0.2) is 66.0 Å². The van der Waals surface area contributed by atoms with Crippen LogP contribution in [0.1, 0.15) is 60.5 Å². The van der Waals surface area contributed by atoms with Gasteiger partial charge in [0.2, 0.25) is 23.5 Å². The van der Waals surface area contributed by atoms with E-state index < -0.39 is 65.0 Å². The molecule has 30 heteroatoms. The van der Waals surface area contributed by atoms with Gasteiger partial charge in [0.1, 0.15) is 35.1 Å². The van der Waals surface area contributed by atoms with Gasteiger partial charge < -0.3 is 38.4 Å². The van der Waals surface area contributed by atoms with E-state index in [1.54, 1.807) is 61.2 Å². The van der Waals surface area contributed by atoms with E-state index in [4.69, 9.17) is 28.4 Å². The van der Waals surface area contributed by atoms with Crippen molar-refractivity contribution >= 4 is 19.7 Å². The second-order valence-corrected chi connectivity index (χ2v) is 21.2. The number of pyridine rings is 2. The van der Waals surface area contributed by atoms with Gasteiger partial charge in [-0.05, 0) is 51.0 Å².